The maximum atomic E-state index is 6.26. The summed E-state index contributed by atoms with van der Waals surface area (Å²) in [5.41, 5.74) is 6.78. The molecule has 1 N–H and O–H groups in total. The SMILES string of the molecule is C=C=C(C)C[C@H]1CC[C@@H]2O[C@@H]3CC2(CON3)O1. The smallest absolute Gasteiger partial charge is 0.133 e. The van der Waals surface area contributed by atoms with Crippen molar-refractivity contribution in [1.82, 2.24) is 5.48 Å². The highest BCUT2D eigenvalue weighted by molar-refractivity contribution is 5.04. The van der Waals surface area contributed by atoms with Crippen LogP contribution in [0.2, 0.25) is 0 Å². The van der Waals surface area contributed by atoms with Crippen LogP contribution in [0.4, 0.5) is 0 Å². The Morgan fingerprint density at radius 2 is 2.41 bits per heavy atom. The van der Waals surface area contributed by atoms with E-state index in [0.717, 1.165) is 31.3 Å². The van der Waals surface area contributed by atoms with E-state index in [-0.39, 0.29) is 24.0 Å². The lowest BCUT2D eigenvalue weighted by atomic mass is 9.86. The third kappa shape index (κ3) is 1.96. The van der Waals surface area contributed by atoms with Crippen molar-refractivity contribution in [2.75, 3.05) is 6.61 Å². The van der Waals surface area contributed by atoms with E-state index in [2.05, 4.69) is 17.8 Å². The standard InChI is InChI=1S/C13H19NO3/c1-3-9(2)6-10-4-5-11-13(17-10)7-12(16-11)14-15-8-13/h10-12,14H,1,4-8H2,2H3/t10-,11+,12-,13?/m1/s1. The van der Waals surface area contributed by atoms with Crippen molar-refractivity contribution in [2.45, 2.75) is 56.6 Å². The highest BCUT2D eigenvalue weighted by Crippen LogP contribution is 2.43. The van der Waals surface area contributed by atoms with Crippen LogP contribution in [0.3, 0.4) is 0 Å². The topological polar surface area (TPSA) is 39.7 Å². The lowest BCUT2D eigenvalue weighted by Crippen LogP contribution is -2.54. The summed E-state index contributed by atoms with van der Waals surface area (Å²) < 4.78 is 12.1. The molecule has 0 amide bonds. The first-order valence-electron chi connectivity index (χ1n) is 6.28. The van der Waals surface area contributed by atoms with Crippen LogP contribution in [0.5, 0.6) is 0 Å². The summed E-state index contributed by atoms with van der Waals surface area (Å²) in [5.74, 6) is 0. The number of rotatable bonds is 2. The van der Waals surface area contributed by atoms with Crippen molar-refractivity contribution in [3.63, 3.8) is 0 Å². The molecule has 2 bridgehead atoms. The van der Waals surface area contributed by atoms with Crippen LogP contribution < -0.4 is 5.48 Å². The monoisotopic (exact) mass is 237 g/mol. The molecule has 4 nitrogen and oxygen atoms in total. The van der Waals surface area contributed by atoms with Gasteiger partial charge in [-0.3, -0.25) is 4.84 Å². The van der Waals surface area contributed by atoms with E-state index < -0.39 is 0 Å². The van der Waals surface area contributed by atoms with Gasteiger partial charge in [-0.1, -0.05) is 6.58 Å². The minimum absolute atomic E-state index is 0.00328. The molecule has 0 aliphatic carbocycles. The molecule has 4 heteroatoms. The molecule has 3 fully saturated rings. The molecule has 0 aromatic rings. The predicted octanol–water partition coefficient (Wildman–Crippen LogP) is 1.68. The second kappa shape index (κ2) is 4.23. The number of hydrogen-bond donors (Lipinski definition) is 1. The molecule has 3 aliphatic heterocycles. The van der Waals surface area contributed by atoms with Gasteiger partial charge in [-0.15, -0.1) is 5.73 Å². The number of hydroxylamine groups is 1. The summed E-state index contributed by atoms with van der Waals surface area (Å²) in [6.07, 6.45) is 4.34. The Balaban J connectivity index is 1.72. The molecule has 17 heavy (non-hydrogen) atoms. The maximum Gasteiger partial charge on any atom is 0.133 e. The summed E-state index contributed by atoms with van der Waals surface area (Å²) in [4.78, 5) is 5.36. The molecule has 3 saturated heterocycles. The van der Waals surface area contributed by atoms with Crippen LogP contribution in [0.25, 0.3) is 0 Å². The molecule has 1 spiro atoms. The van der Waals surface area contributed by atoms with Crippen molar-refractivity contribution < 1.29 is 14.3 Å². The molecule has 94 valence electrons. The van der Waals surface area contributed by atoms with Gasteiger partial charge in [0.2, 0.25) is 0 Å². The first-order chi connectivity index (χ1) is 8.22. The van der Waals surface area contributed by atoms with Crippen molar-refractivity contribution in [1.29, 1.82) is 0 Å². The highest BCUT2D eigenvalue weighted by Gasteiger charge is 2.55. The van der Waals surface area contributed by atoms with Gasteiger partial charge in [-0.25, -0.2) is 0 Å². The fraction of sp³-hybridized carbons (Fsp3) is 0.769. The van der Waals surface area contributed by atoms with Crippen LogP contribution in [0.1, 0.15) is 32.6 Å². The number of ether oxygens (including phenoxy) is 2. The van der Waals surface area contributed by atoms with Crippen LogP contribution >= 0.6 is 0 Å². The number of hydrogen-bond acceptors (Lipinski definition) is 4. The summed E-state index contributed by atoms with van der Waals surface area (Å²) >= 11 is 0. The summed E-state index contributed by atoms with van der Waals surface area (Å²) in [6, 6.07) is 0. The van der Waals surface area contributed by atoms with Crippen LogP contribution in [-0.4, -0.2) is 30.6 Å². The molecule has 3 heterocycles. The van der Waals surface area contributed by atoms with E-state index in [9.17, 15) is 0 Å². The lowest BCUT2D eigenvalue weighted by molar-refractivity contribution is -0.193. The van der Waals surface area contributed by atoms with E-state index in [1.807, 2.05) is 6.92 Å². The van der Waals surface area contributed by atoms with Crippen LogP contribution in [0, 0.1) is 0 Å². The third-order valence-corrected chi connectivity index (χ3v) is 3.97. The fourth-order valence-corrected chi connectivity index (χ4v) is 3.07. The maximum absolute atomic E-state index is 6.26. The van der Waals surface area contributed by atoms with Gasteiger partial charge in [-0.05, 0) is 25.3 Å². The van der Waals surface area contributed by atoms with Crippen LogP contribution in [-0.2, 0) is 14.3 Å². The Labute approximate surface area is 102 Å². The van der Waals surface area contributed by atoms with Crippen molar-refractivity contribution in [3.8, 4) is 0 Å². The molecule has 3 aliphatic rings. The Bertz CT molecular complexity index is 364. The Hall–Kier alpha value is -0.640. The average molecular weight is 237 g/mol. The molecular weight excluding hydrogens is 218 g/mol. The van der Waals surface area contributed by atoms with Gasteiger partial charge in [-0.2, -0.15) is 5.48 Å². The van der Waals surface area contributed by atoms with Gasteiger partial charge >= 0.3 is 0 Å². The van der Waals surface area contributed by atoms with E-state index in [1.165, 1.54) is 0 Å². The van der Waals surface area contributed by atoms with E-state index in [1.54, 1.807) is 0 Å². The molecule has 0 aromatic heterocycles. The zero-order chi connectivity index (χ0) is 11.9. The Morgan fingerprint density at radius 1 is 1.53 bits per heavy atom. The molecule has 1 unspecified atom stereocenters. The van der Waals surface area contributed by atoms with Gasteiger partial charge < -0.3 is 9.47 Å². The summed E-state index contributed by atoms with van der Waals surface area (Å²) in [6.45, 7) is 6.31. The van der Waals surface area contributed by atoms with E-state index >= 15 is 0 Å². The zero-order valence-corrected chi connectivity index (χ0v) is 10.2. The Kier molecular flexibility index (Phi) is 2.85. The van der Waals surface area contributed by atoms with Gasteiger partial charge in [0, 0.05) is 12.8 Å². The van der Waals surface area contributed by atoms with E-state index in [0.29, 0.717) is 6.61 Å². The minimum atomic E-state index is -0.222. The molecule has 4 atom stereocenters. The van der Waals surface area contributed by atoms with Gasteiger partial charge in [0.15, 0.2) is 0 Å². The Morgan fingerprint density at radius 3 is 3.24 bits per heavy atom. The highest BCUT2D eigenvalue weighted by atomic mass is 16.7. The largest absolute Gasteiger partial charge is 0.366 e. The first kappa shape index (κ1) is 11.5. The summed E-state index contributed by atoms with van der Waals surface area (Å²) in [7, 11) is 0. The summed E-state index contributed by atoms with van der Waals surface area (Å²) in [5, 5.41) is 0. The molecule has 0 radical (unpaired) electrons. The van der Waals surface area contributed by atoms with Gasteiger partial charge in [0.1, 0.15) is 18.4 Å². The normalized spacial score (nSPS) is 43.9. The van der Waals surface area contributed by atoms with Crippen molar-refractivity contribution in [2.24, 2.45) is 0 Å². The van der Waals surface area contributed by atoms with E-state index in [4.69, 9.17) is 14.3 Å². The van der Waals surface area contributed by atoms with Crippen molar-refractivity contribution >= 4 is 0 Å². The average Bonchev–Trinajstić information content (AvgIpc) is 2.58. The van der Waals surface area contributed by atoms with Gasteiger partial charge in [0.25, 0.3) is 0 Å². The molecular formula is C13H19NO3. The quantitative estimate of drug-likeness (QED) is 0.742. The van der Waals surface area contributed by atoms with Crippen LogP contribution in [0.15, 0.2) is 17.9 Å². The molecule has 0 aromatic carbocycles. The molecule has 3 rings (SSSR count). The second-order valence-corrected chi connectivity index (χ2v) is 5.27. The van der Waals surface area contributed by atoms with Crippen molar-refractivity contribution in [3.05, 3.63) is 17.9 Å². The predicted molar refractivity (Wildman–Crippen MR) is 62.1 cm³/mol. The second-order valence-electron chi connectivity index (χ2n) is 5.27. The lowest BCUT2D eigenvalue weighted by Gasteiger charge is -2.42. The number of nitrogens with one attached hydrogen (secondary N) is 1. The third-order valence-electron chi connectivity index (χ3n) is 3.97. The number of fused-ring (bicyclic) bond motifs is 1. The molecule has 0 saturated carbocycles. The zero-order valence-electron chi connectivity index (χ0n) is 10.2. The fourth-order valence-electron chi connectivity index (χ4n) is 3.07. The van der Waals surface area contributed by atoms with Gasteiger partial charge in [0.05, 0.1) is 12.2 Å². The first-order valence-corrected chi connectivity index (χ1v) is 6.28. The minimum Gasteiger partial charge on any atom is -0.366 e.